The van der Waals surface area contributed by atoms with Crippen molar-refractivity contribution in [2.75, 3.05) is 23.4 Å². The van der Waals surface area contributed by atoms with Crippen LogP contribution in [0.4, 0.5) is 14.5 Å². The Kier molecular flexibility index (Phi) is 5.39. The molecule has 0 amide bonds. The van der Waals surface area contributed by atoms with Gasteiger partial charge in [-0.25, -0.2) is 8.78 Å². The molecule has 1 aromatic carbocycles. The predicted octanol–water partition coefficient (Wildman–Crippen LogP) is 3.89. The molecule has 0 aliphatic rings. The number of nitrogens with one attached hydrogen (secondary N) is 1. The number of halogens is 3. The molecule has 0 aromatic heterocycles. The van der Waals surface area contributed by atoms with E-state index in [0.29, 0.717) is 6.54 Å². The van der Waals surface area contributed by atoms with E-state index >= 15 is 0 Å². The van der Waals surface area contributed by atoms with E-state index in [1.165, 1.54) is 0 Å². The summed E-state index contributed by atoms with van der Waals surface area (Å²) in [4.78, 5) is 0. The van der Waals surface area contributed by atoms with Crippen LogP contribution in [-0.4, -0.2) is 18.1 Å². The van der Waals surface area contributed by atoms with Gasteiger partial charge in [0.1, 0.15) is 11.6 Å². The summed E-state index contributed by atoms with van der Waals surface area (Å²) in [5.74, 6) is 1.01. The van der Waals surface area contributed by atoms with Gasteiger partial charge in [0.05, 0.1) is 10.2 Å². The van der Waals surface area contributed by atoms with Crippen LogP contribution >= 0.6 is 27.7 Å². The molecule has 0 aliphatic heterocycles. The van der Waals surface area contributed by atoms with E-state index in [9.17, 15) is 8.78 Å². The average Bonchev–Trinajstić information content (AvgIpc) is 2.20. The van der Waals surface area contributed by atoms with E-state index in [2.05, 4.69) is 28.2 Å². The first kappa shape index (κ1) is 12.8. The SMILES string of the molecule is CCSCCNc1cc(F)c(Br)cc1F. The largest absolute Gasteiger partial charge is 0.382 e. The summed E-state index contributed by atoms with van der Waals surface area (Å²) in [6.07, 6.45) is 0. The highest BCUT2D eigenvalue weighted by atomic mass is 79.9. The van der Waals surface area contributed by atoms with Crippen molar-refractivity contribution in [2.24, 2.45) is 0 Å². The molecular formula is C10H12BrF2NS. The minimum absolute atomic E-state index is 0.147. The van der Waals surface area contributed by atoms with Crippen LogP contribution in [0, 0.1) is 11.6 Å². The average molecular weight is 296 g/mol. The minimum atomic E-state index is -0.456. The molecule has 0 radical (unpaired) electrons. The molecule has 1 N–H and O–H groups in total. The molecular weight excluding hydrogens is 284 g/mol. The molecule has 84 valence electrons. The topological polar surface area (TPSA) is 12.0 Å². The van der Waals surface area contributed by atoms with Gasteiger partial charge < -0.3 is 5.32 Å². The Labute approximate surface area is 101 Å². The molecule has 0 aliphatic carbocycles. The van der Waals surface area contributed by atoms with Gasteiger partial charge in [-0.3, -0.25) is 0 Å². The van der Waals surface area contributed by atoms with Gasteiger partial charge in [-0.2, -0.15) is 11.8 Å². The Bertz CT molecular complexity index is 333. The maximum atomic E-state index is 13.3. The number of rotatable bonds is 5. The zero-order chi connectivity index (χ0) is 11.3. The molecule has 1 aromatic rings. The summed E-state index contributed by atoms with van der Waals surface area (Å²) in [6.45, 7) is 2.70. The van der Waals surface area contributed by atoms with E-state index in [-0.39, 0.29) is 10.2 Å². The molecule has 15 heavy (non-hydrogen) atoms. The van der Waals surface area contributed by atoms with Crippen molar-refractivity contribution in [2.45, 2.75) is 6.92 Å². The highest BCUT2D eigenvalue weighted by molar-refractivity contribution is 9.10. The lowest BCUT2D eigenvalue weighted by molar-refractivity contribution is 0.597. The third-order valence-corrected chi connectivity index (χ3v) is 3.28. The Balaban J connectivity index is 2.57. The molecule has 1 nitrogen and oxygen atoms in total. The lowest BCUT2D eigenvalue weighted by Crippen LogP contribution is -2.06. The molecule has 0 atom stereocenters. The van der Waals surface area contributed by atoms with Crippen LogP contribution < -0.4 is 5.32 Å². The van der Waals surface area contributed by atoms with Gasteiger partial charge in [0, 0.05) is 18.4 Å². The normalized spacial score (nSPS) is 10.4. The fourth-order valence-electron chi connectivity index (χ4n) is 1.06. The molecule has 5 heteroatoms. The van der Waals surface area contributed by atoms with Crippen LogP contribution in [0.15, 0.2) is 16.6 Å². The summed E-state index contributed by atoms with van der Waals surface area (Å²) in [5, 5.41) is 2.86. The van der Waals surface area contributed by atoms with Crippen LogP contribution in [-0.2, 0) is 0 Å². The number of benzene rings is 1. The Morgan fingerprint density at radius 2 is 2.07 bits per heavy atom. The Morgan fingerprint density at radius 3 is 2.73 bits per heavy atom. The first-order chi connectivity index (χ1) is 7.15. The summed E-state index contributed by atoms with van der Waals surface area (Å²) in [7, 11) is 0. The number of thioether (sulfide) groups is 1. The molecule has 0 spiro atoms. The van der Waals surface area contributed by atoms with Gasteiger partial charge in [-0.15, -0.1) is 0 Å². The van der Waals surface area contributed by atoms with Crippen molar-refractivity contribution in [1.82, 2.24) is 0 Å². The lowest BCUT2D eigenvalue weighted by atomic mass is 10.3. The van der Waals surface area contributed by atoms with Crippen LogP contribution in [0.3, 0.4) is 0 Å². The molecule has 0 unspecified atom stereocenters. The van der Waals surface area contributed by atoms with Crippen LogP contribution in [0.2, 0.25) is 0 Å². The molecule has 0 fully saturated rings. The second kappa shape index (κ2) is 6.33. The zero-order valence-electron chi connectivity index (χ0n) is 8.32. The van der Waals surface area contributed by atoms with Crippen molar-refractivity contribution >= 4 is 33.4 Å². The Hall–Kier alpha value is -0.290. The summed E-state index contributed by atoms with van der Waals surface area (Å²) < 4.78 is 26.5. The van der Waals surface area contributed by atoms with Crippen molar-refractivity contribution in [3.8, 4) is 0 Å². The summed E-state index contributed by atoms with van der Waals surface area (Å²) >= 11 is 4.68. The quantitative estimate of drug-likeness (QED) is 0.653. The second-order valence-electron chi connectivity index (χ2n) is 2.87. The summed E-state index contributed by atoms with van der Waals surface area (Å²) in [6, 6.07) is 2.29. The smallest absolute Gasteiger partial charge is 0.147 e. The first-order valence-corrected chi connectivity index (χ1v) is 6.56. The maximum Gasteiger partial charge on any atom is 0.147 e. The zero-order valence-corrected chi connectivity index (χ0v) is 10.7. The molecule has 0 heterocycles. The van der Waals surface area contributed by atoms with Gasteiger partial charge in [-0.05, 0) is 27.7 Å². The van der Waals surface area contributed by atoms with Crippen LogP contribution in [0.25, 0.3) is 0 Å². The van der Waals surface area contributed by atoms with Crippen molar-refractivity contribution in [1.29, 1.82) is 0 Å². The second-order valence-corrected chi connectivity index (χ2v) is 5.12. The first-order valence-electron chi connectivity index (χ1n) is 4.61. The highest BCUT2D eigenvalue weighted by Crippen LogP contribution is 2.23. The maximum absolute atomic E-state index is 13.3. The van der Waals surface area contributed by atoms with Gasteiger partial charge in [0.25, 0.3) is 0 Å². The number of hydrogen-bond acceptors (Lipinski definition) is 2. The van der Waals surface area contributed by atoms with Crippen LogP contribution in [0.1, 0.15) is 6.92 Å². The van der Waals surface area contributed by atoms with Crippen molar-refractivity contribution in [3.05, 3.63) is 28.2 Å². The fourth-order valence-corrected chi connectivity index (χ4v) is 1.91. The van der Waals surface area contributed by atoms with Gasteiger partial charge in [0.15, 0.2) is 0 Å². The summed E-state index contributed by atoms with van der Waals surface area (Å²) in [5.41, 5.74) is 0.215. The number of hydrogen-bond donors (Lipinski definition) is 1. The molecule has 0 saturated heterocycles. The standard InChI is InChI=1S/C10H12BrF2NS/c1-2-15-4-3-14-10-6-8(12)7(11)5-9(10)13/h5-6,14H,2-4H2,1H3. The van der Waals surface area contributed by atoms with E-state index in [1.807, 2.05) is 0 Å². The van der Waals surface area contributed by atoms with E-state index < -0.39 is 11.6 Å². The minimum Gasteiger partial charge on any atom is -0.382 e. The van der Waals surface area contributed by atoms with Gasteiger partial charge >= 0.3 is 0 Å². The lowest BCUT2D eigenvalue weighted by Gasteiger charge is -2.07. The van der Waals surface area contributed by atoms with E-state index in [4.69, 9.17) is 0 Å². The highest BCUT2D eigenvalue weighted by Gasteiger charge is 2.07. The molecule has 0 saturated carbocycles. The van der Waals surface area contributed by atoms with E-state index in [0.717, 1.165) is 23.6 Å². The molecule has 0 bridgehead atoms. The fraction of sp³-hybridized carbons (Fsp3) is 0.400. The van der Waals surface area contributed by atoms with Gasteiger partial charge in [0.2, 0.25) is 0 Å². The van der Waals surface area contributed by atoms with Crippen molar-refractivity contribution < 1.29 is 8.78 Å². The van der Waals surface area contributed by atoms with Crippen molar-refractivity contribution in [3.63, 3.8) is 0 Å². The molecule has 1 rings (SSSR count). The third kappa shape index (κ3) is 3.99. The van der Waals surface area contributed by atoms with Crippen LogP contribution in [0.5, 0.6) is 0 Å². The monoisotopic (exact) mass is 295 g/mol. The van der Waals surface area contributed by atoms with Gasteiger partial charge in [-0.1, -0.05) is 6.92 Å². The van der Waals surface area contributed by atoms with E-state index in [1.54, 1.807) is 11.8 Å². The predicted molar refractivity (Wildman–Crippen MR) is 65.5 cm³/mol. The third-order valence-electron chi connectivity index (χ3n) is 1.78. The Morgan fingerprint density at radius 1 is 1.33 bits per heavy atom. The number of anilines is 1.